The maximum atomic E-state index is 13.1. The quantitative estimate of drug-likeness (QED) is 0.397. The summed E-state index contributed by atoms with van der Waals surface area (Å²) in [5, 5.41) is 18.6. The van der Waals surface area contributed by atoms with Gasteiger partial charge in [0.1, 0.15) is 17.3 Å². The van der Waals surface area contributed by atoms with Crippen molar-refractivity contribution in [1.82, 2.24) is 0 Å². The van der Waals surface area contributed by atoms with E-state index < -0.39 is 17.5 Å². The van der Waals surface area contributed by atoms with Crippen molar-refractivity contribution in [3.8, 4) is 11.8 Å². The number of nitriles is 1. The maximum Gasteiger partial charge on any atom is 0.343 e. The summed E-state index contributed by atoms with van der Waals surface area (Å²) in [5.74, 6) is -1.88. The van der Waals surface area contributed by atoms with E-state index >= 15 is 0 Å². The van der Waals surface area contributed by atoms with Crippen molar-refractivity contribution in [2.75, 3.05) is 0 Å². The van der Waals surface area contributed by atoms with Gasteiger partial charge in [-0.1, -0.05) is 12.1 Å². The predicted octanol–water partition coefficient (Wildman–Crippen LogP) is 3.91. The number of para-hydroxylation sites is 1. The minimum absolute atomic E-state index is 0.205. The van der Waals surface area contributed by atoms with Crippen LogP contribution in [0.5, 0.6) is 5.75 Å². The molecule has 0 saturated carbocycles. The van der Waals surface area contributed by atoms with Crippen molar-refractivity contribution in [2.24, 2.45) is 5.92 Å². The van der Waals surface area contributed by atoms with Gasteiger partial charge >= 0.3 is 5.63 Å². The van der Waals surface area contributed by atoms with Crippen LogP contribution in [-0.2, 0) is 6.54 Å². The van der Waals surface area contributed by atoms with Gasteiger partial charge in [-0.25, -0.2) is 13.8 Å². The summed E-state index contributed by atoms with van der Waals surface area (Å²) in [7, 11) is 0. The number of nitrogens with zero attached hydrogens (tertiary/aromatic N) is 2. The van der Waals surface area contributed by atoms with Gasteiger partial charge in [0.15, 0.2) is 24.7 Å². The number of fused-ring (bicyclic) bond motifs is 3. The third kappa shape index (κ3) is 3.32. The molecule has 7 heteroatoms. The van der Waals surface area contributed by atoms with Gasteiger partial charge in [-0.05, 0) is 42.0 Å². The molecular weight excluding hydrogens is 409 g/mol. The lowest BCUT2D eigenvalue weighted by atomic mass is 9.79. The Morgan fingerprint density at radius 1 is 1.06 bits per heavy atom. The lowest BCUT2D eigenvalue weighted by Gasteiger charge is -2.29. The summed E-state index contributed by atoms with van der Waals surface area (Å²) in [6, 6.07) is 19.0. The highest BCUT2D eigenvalue weighted by molar-refractivity contribution is 5.92. The van der Waals surface area contributed by atoms with E-state index in [0.717, 1.165) is 5.56 Å². The number of hydrogen-bond donors (Lipinski definition) is 1. The Hall–Kier alpha value is -4.31. The largest absolute Gasteiger partial charge is 0.441 e. The van der Waals surface area contributed by atoms with E-state index in [1.54, 1.807) is 36.4 Å². The van der Waals surface area contributed by atoms with Crippen molar-refractivity contribution in [1.29, 1.82) is 10.7 Å². The fourth-order valence-electron chi connectivity index (χ4n) is 4.08. The highest BCUT2D eigenvalue weighted by Gasteiger charge is 2.41. The number of hydrogen-bond acceptors (Lipinski definition) is 5. The summed E-state index contributed by atoms with van der Waals surface area (Å²) >= 11 is 0. The van der Waals surface area contributed by atoms with Gasteiger partial charge in [-0.2, -0.15) is 5.26 Å². The minimum Gasteiger partial charge on any atom is -0.441 e. The molecule has 32 heavy (non-hydrogen) atoms. The molecule has 2 aromatic carbocycles. The third-order valence-electron chi connectivity index (χ3n) is 5.63. The molecule has 0 radical (unpaired) electrons. The number of halogens is 1. The Bertz CT molecular complexity index is 1440. The zero-order chi connectivity index (χ0) is 22.2. The minimum atomic E-state index is -0.959. The fourth-order valence-corrected chi connectivity index (χ4v) is 4.08. The number of pyridine rings is 1. The van der Waals surface area contributed by atoms with Crippen LogP contribution in [0.1, 0.15) is 22.6 Å². The van der Waals surface area contributed by atoms with E-state index in [-0.39, 0.29) is 23.0 Å². The molecule has 0 saturated heterocycles. The van der Waals surface area contributed by atoms with Crippen LogP contribution in [0.15, 0.2) is 82.3 Å². The molecule has 0 amide bonds. The van der Waals surface area contributed by atoms with Gasteiger partial charge in [-0.15, -0.1) is 0 Å². The molecule has 3 heterocycles. The van der Waals surface area contributed by atoms with E-state index in [1.165, 1.54) is 12.1 Å². The van der Waals surface area contributed by atoms with Gasteiger partial charge in [0.05, 0.1) is 17.0 Å². The molecule has 2 aromatic heterocycles. The molecule has 156 valence electrons. The molecule has 6 nitrogen and oxygen atoms in total. The number of rotatable bonds is 3. The summed E-state index contributed by atoms with van der Waals surface area (Å²) in [5.41, 5.74) is 1.65. The summed E-state index contributed by atoms with van der Waals surface area (Å²) < 4.78 is 26.2. The number of nitrogens with one attached hydrogen (secondary N) is 1. The lowest BCUT2D eigenvalue weighted by Crippen LogP contribution is -2.36. The molecule has 0 aliphatic carbocycles. The van der Waals surface area contributed by atoms with Gasteiger partial charge in [0, 0.05) is 23.6 Å². The van der Waals surface area contributed by atoms with E-state index in [2.05, 4.69) is 6.07 Å². The van der Waals surface area contributed by atoms with Crippen molar-refractivity contribution in [3.63, 3.8) is 0 Å². The second kappa shape index (κ2) is 7.75. The molecule has 2 unspecified atom stereocenters. The molecule has 1 aliphatic rings. The standard InChI is InChI=1S/C25H17FN3O3/c26-17-7-5-15(6-8-17)14-29-11-9-16(10-12-29)21-19(13-27)24(28)32-23-18-3-1-2-4-20(18)31-25(30)22(21)23/h1-12,19,21,28H,14H2/q+1. The van der Waals surface area contributed by atoms with Gasteiger partial charge in [0.25, 0.3) is 0 Å². The summed E-state index contributed by atoms with van der Waals surface area (Å²) in [6.45, 7) is 0.537. The second-order valence-corrected chi connectivity index (χ2v) is 7.61. The van der Waals surface area contributed by atoms with E-state index in [9.17, 15) is 14.4 Å². The Morgan fingerprint density at radius 3 is 2.50 bits per heavy atom. The molecule has 0 bridgehead atoms. The Morgan fingerprint density at radius 2 is 1.78 bits per heavy atom. The molecule has 5 rings (SSSR count). The summed E-state index contributed by atoms with van der Waals surface area (Å²) in [6.07, 6.45) is 3.66. The van der Waals surface area contributed by atoms with Crippen molar-refractivity contribution in [2.45, 2.75) is 12.5 Å². The van der Waals surface area contributed by atoms with Crippen molar-refractivity contribution >= 4 is 16.9 Å². The number of ether oxygens (including phenoxy) is 1. The predicted molar refractivity (Wildman–Crippen MR) is 114 cm³/mol. The molecular formula is C25H17FN3O3+. The van der Waals surface area contributed by atoms with Crippen LogP contribution >= 0.6 is 0 Å². The van der Waals surface area contributed by atoms with E-state index in [0.29, 0.717) is 23.1 Å². The van der Waals surface area contributed by atoms with E-state index in [4.69, 9.17) is 14.6 Å². The second-order valence-electron chi connectivity index (χ2n) is 7.61. The van der Waals surface area contributed by atoms with Crippen LogP contribution in [0, 0.1) is 28.5 Å². The van der Waals surface area contributed by atoms with Crippen LogP contribution in [0.3, 0.4) is 0 Å². The van der Waals surface area contributed by atoms with Gasteiger partial charge < -0.3 is 9.15 Å². The van der Waals surface area contributed by atoms with Crippen LogP contribution in [0.25, 0.3) is 11.0 Å². The zero-order valence-corrected chi connectivity index (χ0v) is 16.8. The Balaban J connectivity index is 1.58. The average Bonchev–Trinajstić information content (AvgIpc) is 2.80. The molecule has 4 aromatic rings. The molecule has 1 N–H and O–H groups in total. The van der Waals surface area contributed by atoms with Crippen LogP contribution in [0.4, 0.5) is 4.39 Å². The summed E-state index contributed by atoms with van der Waals surface area (Å²) in [4.78, 5) is 12.9. The third-order valence-corrected chi connectivity index (χ3v) is 5.63. The first kappa shape index (κ1) is 19.6. The first-order valence-electron chi connectivity index (χ1n) is 10.0. The zero-order valence-electron chi connectivity index (χ0n) is 16.8. The van der Waals surface area contributed by atoms with Crippen molar-refractivity contribution in [3.05, 3.63) is 106 Å². The van der Waals surface area contributed by atoms with Gasteiger partial charge in [-0.3, -0.25) is 5.41 Å². The normalized spacial score (nSPS) is 17.4. The Labute approximate surface area is 182 Å². The molecule has 0 fully saturated rings. The Kier molecular flexibility index (Phi) is 4.75. The monoisotopic (exact) mass is 426 g/mol. The first-order valence-corrected chi connectivity index (χ1v) is 10.0. The number of benzene rings is 2. The van der Waals surface area contributed by atoms with Crippen LogP contribution in [0.2, 0.25) is 0 Å². The highest BCUT2D eigenvalue weighted by Crippen LogP contribution is 2.43. The topological polar surface area (TPSA) is 91.0 Å². The maximum absolute atomic E-state index is 13.1. The SMILES string of the molecule is N#CC1C(=N)Oc2c(c(=O)oc3ccccc23)C1c1cc[n+](Cc2ccc(F)cc2)cc1. The van der Waals surface area contributed by atoms with Crippen LogP contribution < -0.4 is 14.9 Å². The number of aromatic nitrogens is 1. The fraction of sp³-hybridized carbons (Fsp3) is 0.120. The first-order chi connectivity index (χ1) is 15.5. The van der Waals surface area contributed by atoms with Gasteiger partial charge in [0.2, 0.25) is 5.90 Å². The smallest absolute Gasteiger partial charge is 0.343 e. The molecule has 0 spiro atoms. The van der Waals surface area contributed by atoms with E-state index in [1.807, 2.05) is 29.1 Å². The average molecular weight is 426 g/mol. The molecule has 2 atom stereocenters. The highest BCUT2D eigenvalue weighted by atomic mass is 19.1. The lowest BCUT2D eigenvalue weighted by molar-refractivity contribution is -0.688. The van der Waals surface area contributed by atoms with Crippen LogP contribution in [-0.4, -0.2) is 5.90 Å². The van der Waals surface area contributed by atoms with Crippen molar-refractivity contribution < 1.29 is 18.1 Å². The molecule has 1 aliphatic heterocycles.